The Balaban J connectivity index is 1.41. The van der Waals surface area contributed by atoms with Crippen LogP contribution in [0.25, 0.3) is 11.3 Å². The Morgan fingerprint density at radius 3 is 2.45 bits per heavy atom. The summed E-state index contributed by atoms with van der Waals surface area (Å²) >= 11 is 0. The van der Waals surface area contributed by atoms with Crippen LogP contribution in [0.15, 0.2) is 60.8 Å². The van der Waals surface area contributed by atoms with Crippen molar-refractivity contribution < 1.29 is 4.79 Å². The minimum atomic E-state index is 0.130. The number of amides is 1. The number of carbonyl (C=O) groups is 1. The highest BCUT2D eigenvalue weighted by Crippen LogP contribution is 2.21. The van der Waals surface area contributed by atoms with Crippen molar-refractivity contribution in [1.29, 1.82) is 0 Å². The van der Waals surface area contributed by atoms with Crippen LogP contribution in [0.1, 0.15) is 12.5 Å². The van der Waals surface area contributed by atoms with Gasteiger partial charge in [-0.25, -0.2) is 4.98 Å². The standard InChI is InChI=1S/C22H24N6O/c1-17(29)27-12-14-28(15-13-27)22-19(8-5-11-23-22)16-24-21-10-9-20(25-26-21)18-6-3-2-4-7-18/h2-11H,12-16H2,1H3,(H,24,26). The smallest absolute Gasteiger partial charge is 0.219 e. The molecule has 1 N–H and O–H groups in total. The molecule has 3 aromatic rings. The lowest BCUT2D eigenvalue weighted by Gasteiger charge is -2.35. The largest absolute Gasteiger partial charge is 0.364 e. The zero-order valence-electron chi connectivity index (χ0n) is 16.5. The zero-order chi connectivity index (χ0) is 20.1. The fourth-order valence-electron chi connectivity index (χ4n) is 3.46. The third kappa shape index (κ3) is 4.51. The maximum absolute atomic E-state index is 11.6. The van der Waals surface area contributed by atoms with E-state index in [-0.39, 0.29) is 5.91 Å². The number of rotatable bonds is 5. The van der Waals surface area contributed by atoms with Crippen LogP contribution in [0.2, 0.25) is 0 Å². The number of aromatic nitrogens is 3. The predicted octanol–water partition coefficient (Wildman–Crippen LogP) is 2.82. The molecule has 4 rings (SSSR count). The SMILES string of the molecule is CC(=O)N1CCN(c2ncccc2CNc2ccc(-c3ccccc3)nn2)CC1. The van der Waals surface area contributed by atoms with Gasteiger partial charge in [0.05, 0.1) is 5.69 Å². The molecule has 0 radical (unpaired) electrons. The van der Waals surface area contributed by atoms with Crippen molar-refractivity contribution in [2.75, 3.05) is 36.4 Å². The molecule has 0 unspecified atom stereocenters. The number of hydrogen-bond donors (Lipinski definition) is 1. The molecule has 1 aliphatic heterocycles. The van der Waals surface area contributed by atoms with Gasteiger partial charge in [-0.1, -0.05) is 36.4 Å². The maximum atomic E-state index is 11.6. The molecule has 0 bridgehead atoms. The molecular weight excluding hydrogens is 364 g/mol. The second-order valence-corrected chi connectivity index (χ2v) is 7.00. The van der Waals surface area contributed by atoms with Crippen LogP contribution in [-0.4, -0.2) is 52.2 Å². The van der Waals surface area contributed by atoms with Crippen molar-refractivity contribution in [3.8, 4) is 11.3 Å². The third-order valence-electron chi connectivity index (χ3n) is 5.09. The van der Waals surface area contributed by atoms with Gasteiger partial charge in [0.1, 0.15) is 11.6 Å². The van der Waals surface area contributed by atoms with E-state index in [1.165, 1.54) is 0 Å². The minimum absolute atomic E-state index is 0.130. The van der Waals surface area contributed by atoms with Crippen molar-refractivity contribution in [2.45, 2.75) is 13.5 Å². The van der Waals surface area contributed by atoms with E-state index in [4.69, 9.17) is 0 Å². The van der Waals surface area contributed by atoms with E-state index >= 15 is 0 Å². The molecule has 7 heteroatoms. The zero-order valence-corrected chi connectivity index (χ0v) is 16.5. The number of nitrogens with zero attached hydrogens (tertiary/aromatic N) is 5. The van der Waals surface area contributed by atoms with E-state index in [0.29, 0.717) is 6.54 Å². The van der Waals surface area contributed by atoms with Crippen LogP contribution in [0.4, 0.5) is 11.6 Å². The van der Waals surface area contributed by atoms with Gasteiger partial charge in [-0.3, -0.25) is 4.79 Å². The Morgan fingerprint density at radius 1 is 0.966 bits per heavy atom. The lowest BCUT2D eigenvalue weighted by molar-refractivity contribution is -0.129. The molecule has 1 saturated heterocycles. The lowest BCUT2D eigenvalue weighted by Crippen LogP contribution is -2.48. The fraction of sp³-hybridized carbons (Fsp3) is 0.273. The van der Waals surface area contributed by atoms with E-state index < -0.39 is 0 Å². The Kier molecular flexibility index (Phi) is 5.65. The molecular formula is C22H24N6O. The summed E-state index contributed by atoms with van der Waals surface area (Å²) in [6.07, 6.45) is 1.81. The fourth-order valence-corrected chi connectivity index (χ4v) is 3.46. The Hall–Kier alpha value is -3.48. The predicted molar refractivity (Wildman–Crippen MR) is 113 cm³/mol. The first-order chi connectivity index (χ1) is 14.2. The van der Waals surface area contributed by atoms with Crippen LogP contribution < -0.4 is 10.2 Å². The monoisotopic (exact) mass is 388 g/mol. The summed E-state index contributed by atoms with van der Waals surface area (Å²) in [4.78, 5) is 20.2. The minimum Gasteiger partial charge on any atom is -0.364 e. The van der Waals surface area contributed by atoms with Gasteiger partial charge in [0.15, 0.2) is 0 Å². The van der Waals surface area contributed by atoms with Gasteiger partial charge in [0.2, 0.25) is 5.91 Å². The number of carbonyl (C=O) groups excluding carboxylic acids is 1. The molecule has 1 amide bonds. The second kappa shape index (κ2) is 8.68. The van der Waals surface area contributed by atoms with Crippen LogP contribution in [0, 0.1) is 0 Å². The van der Waals surface area contributed by atoms with Gasteiger partial charge in [-0.15, -0.1) is 10.2 Å². The Labute approximate surface area is 170 Å². The van der Waals surface area contributed by atoms with Gasteiger partial charge in [0, 0.05) is 57.0 Å². The number of pyridine rings is 1. The molecule has 7 nitrogen and oxygen atoms in total. The number of piperazine rings is 1. The average Bonchev–Trinajstić information content (AvgIpc) is 2.79. The summed E-state index contributed by atoms with van der Waals surface area (Å²) in [7, 11) is 0. The van der Waals surface area contributed by atoms with Crippen molar-refractivity contribution in [2.24, 2.45) is 0 Å². The molecule has 0 spiro atoms. The van der Waals surface area contributed by atoms with Crippen molar-refractivity contribution in [3.63, 3.8) is 0 Å². The molecule has 0 aliphatic carbocycles. The van der Waals surface area contributed by atoms with Gasteiger partial charge >= 0.3 is 0 Å². The lowest BCUT2D eigenvalue weighted by atomic mass is 10.1. The van der Waals surface area contributed by atoms with Gasteiger partial charge in [-0.2, -0.15) is 0 Å². The summed E-state index contributed by atoms with van der Waals surface area (Å²) in [5.41, 5.74) is 2.99. The van der Waals surface area contributed by atoms with Crippen LogP contribution in [0.5, 0.6) is 0 Å². The topological polar surface area (TPSA) is 74.2 Å². The van der Waals surface area contributed by atoms with Crippen molar-refractivity contribution >= 4 is 17.5 Å². The number of nitrogens with one attached hydrogen (secondary N) is 1. The molecule has 29 heavy (non-hydrogen) atoms. The highest BCUT2D eigenvalue weighted by molar-refractivity contribution is 5.73. The first-order valence-corrected chi connectivity index (χ1v) is 9.78. The summed E-state index contributed by atoms with van der Waals surface area (Å²) in [5, 5.41) is 12.0. The van der Waals surface area contributed by atoms with E-state index in [2.05, 4.69) is 31.5 Å². The summed E-state index contributed by atoms with van der Waals surface area (Å²) < 4.78 is 0. The first-order valence-electron chi connectivity index (χ1n) is 9.78. The number of benzene rings is 1. The molecule has 1 aliphatic rings. The molecule has 148 valence electrons. The summed E-state index contributed by atoms with van der Waals surface area (Å²) in [5.74, 6) is 1.81. The van der Waals surface area contributed by atoms with E-state index in [9.17, 15) is 4.79 Å². The second-order valence-electron chi connectivity index (χ2n) is 7.00. The van der Waals surface area contributed by atoms with E-state index in [1.54, 1.807) is 6.92 Å². The number of anilines is 2. The third-order valence-corrected chi connectivity index (χ3v) is 5.09. The van der Waals surface area contributed by atoms with Gasteiger partial charge in [0.25, 0.3) is 0 Å². The molecule has 1 fully saturated rings. The maximum Gasteiger partial charge on any atom is 0.219 e. The highest BCUT2D eigenvalue weighted by atomic mass is 16.2. The van der Waals surface area contributed by atoms with E-state index in [1.807, 2.05) is 59.6 Å². The summed E-state index contributed by atoms with van der Waals surface area (Å²) in [6.45, 7) is 5.26. The van der Waals surface area contributed by atoms with Crippen LogP contribution >= 0.6 is 0 Å². The molecule has 2 aromatic heterocycles. The molecule has 1 aromatic carbocycles. The molecule has 3 heterocycles. The van der Waals surface area contributed by atoms with Gasteiger partial charge < -0.3 is 15.1 Å². The van der Waals surface area contributed by atoms with E-state index in [0.717, 1.165) is 54.6 Å². The highest BCUT2D eigenvalue weighted by Gasteiger charge is 2.21. The average molecular weight is 388 g/mol. The Morgan fingerprint density at radius 2 is 1.76 bits per heavy atom. The van der Waals surface area contributed by atoms with Gasteiger partial charge in [-0.05, 0) is 18.2 Å². The molecule has 0 atom stereocenters. The molecule has 0 saturated carbocycles. The normalized spacial score (nSPS) is 14.0. The quantitative estimate of drug-likeness (QED) is 0.725. The first kappa shape index (κ1) is 18.9. The van der Waals surface area contributed by atoms with Crippen LogP contribution in [-0.2, 0) is 11.3 Å². The Bertz CT molecular complexity index is 953. The van der Waals surface area contributed by atoms with Crippen LogP contribution in [0.3, 0.4) is 0 Å². The summed E-state index contributed by atoms with van der Waals surface area (Å²) in [6, 6.07) is 17.9. The van der Waals surface area contributed by atoms with Crippen molar-refractivity contribution in [1.82, 2.24) is 20.1 Å². The van der Waals surface area contributed by atoms with Crippen molar-refractivity contribution in [3.05, 3.63) is 66.4 Å². The number of hydrogen-bond acceptors (Lipinski definition) is 6.